The molecule has 8 rings (SSSR count). The molecule has 32 nitrogen and oxygen atoms in total. The molecule has 6 aromatic heterocycles. The number of H-pyrrole nitrogens is 4. The monoisotopic (exact) mass is 1710 g/mol. The third-order valence-corrected chi connectivity index (χ3v) is 23.8. The number of hydrogen-bond acceptors (Lipinski definition) is 20. The molecule has 674 valence electrons. The SMILES string of the molecule is CN(C)C(=O)O[C@@](C)(C(=O)N[C@H](c1nc(-c2ccc(-c3ccc(-c4c[nH]c([C@@H](NC(=O)[C@](C)(OC(=O)N(C)CCC(C)(C)[C@@](C)(OC(=O)N(C)C)C(=O)N[C@H](c5nc(-c6cnc(-c7cnc(-c8c[nH]c([C@@H](NC(=O)[C@](C)(OC(=O)N(C)C)C(C)(C)C)C(C)(C)C)n8)cn7)cn6)c[nH]5)C(C)(C)C)C(C)(C)C)C(C)(C)C)n4)cc3)cc2)c[nH]1)C(C)(C)C)C(C)(C)C. The summed E-state index contributed by atoms with van der Waals surface area (Å²) in [7, 11) is 10.8. The van der Waals surface area contributed by atoms with Gasteiger partial charge in [0, 0.05) is 113 Å². The Morgan fingerprint density at radius 1 is 0.306 bits per heavy atom. The van der Waals surface area contributed by atoms with Gasteiger partial charge in [-0.2, -0.15) is 0 Å². The van der Waals surface area contributed by atoms with E-state index in [2.05, 4.69) is 56.2 Å². The summed E-state index contributed by atoms with van der Waals surface area (Å²) in [6.45, 7) is 50.1. The van der Waals surface area contributed by atoms with E-state index in [1.165, 1.54) is 33.7 Å². The number of aromatic nitrogens is 12. The molecule has 0 fully saturated rings. The van der Waals surface area contributed by atoms with Crippen LogP contribution in [0.1, 0.15) is 241 Å². The standard InChI is InChI=1S/C92H134N20O12/c1-81(2,3)65(105-73(113)89(24,85(13,14)15)121-77(117)109(28)29)69-97-45-57(101-69)55-39-35-53(36-40-55)54-37-41-56(42-38-54)58-46-98-70(102-58)66(82(4,5)6)106-75(115)91(26,87(19,20)21)124-80(120)112(34)44-43-88(22,23)92(27,123-79(119)111(32)33)76(116)108-68(84(10,11)12)72-100-52-64(104-72)62-50-94-60(48-96-62)59-47-95-61(49-93-59)63-51-99-71(103-63)67(83(7,8)9)107-74(114)90(25,86(16,17)18)122-78(118)110(30)31/h35-42,45-52,65-68H,43-44H2,1-34H3,(H,97,101)(H,98,102)(H,99,103)(H,100,104)(H,105,113)(H,106,115)(H,107,114)(H,108,116)/t65-,66-,67-,68-,89+,90+,91+,92+/m1/s1. The first-order chi connectivity index (χ1) is 56.8. The summed E-state index contributed by atoms with van der Waals surface area (Å²) >= 11 is 0. The van der Waals surface area contributed by atoms with Gasteiger partial charge in [0.25, 0.3) is 23.6 Å². The van der Waals surface area contributed by atoms with Gasteiger partial charge in [-0.15, -0.1) is 0 Å². The Hall–Kier alpha value is -11.6. The molecular formula is C92H134N20O12. The summed E-state index contributed by atoms with van der Waals surface area (Å²) in [5, 5.41) is 12.6. The van der Waals surface area contributed by atoms with Crippen molar-refractivity contribution < 1.29 is 57.3 Å². The quantitative estimate of drug-likeness (QED) is 0.0233. The van der Waals surface area contributed by atoms with Crippen LogP contribution in [0.5, 0.6) is 0 Å². The highest BCUT2D eigenvalue weighted by Crippen LogP contribution is 2.45. The van der Waals surface area contributed by atoms with E-state index in [-0.39, 0.29) is 13.0 Å². The van der Waals surface area contributed by atoms with Crippen LogP contribution in [-0.2, 0) is 38.1 Å². The van der Waals surface area contributed by atoms with Crippen LogP contribution in [0, 0.1) is 43.3 Å². The van der Waals surface area contributed by atoms with Gasteiger partial charge in [-0.1, -0.05) is 208 Å². The van der Waals surface area contributed by atoms with E-state index in [0.717, 1.165) is 22.3 Å². The molecule has 32 heteroatoms. The summed E-state index contributed by atoms with van der Waals surface area (Å²) in [5.41, 5.74) is -5.20. The predicted molar refractivity (Wildman–Crippen MR) is 477 cm³/mol. The number of hydrogen-bond donors (Lipinski definition) is 8. The van der Waals surface area contributed by atoms with Gasteiger partial charge >= 0.3 is 24.4 Å². The van der Waals surface area contributed by atoms with E-state index in [0.29, 0.717) is 68.8 Å². The first-order valence-corrected chi connectivity index (χ1v) is 41.7. The van der Waals surface area contributed by atoms with Crippen LogP contribution >= 0.6 is 0 Å². The number of nitrogens with one attached hydrogen (secondary N) is 8. The lowest BCUT2D eigenvalue weighted by Crippen LogP contribution is -2.60. The van der Waals surface area contributed by atoms with E-state index in [9.17, 15) is 28.8 Å². The zero-order valence-electron chi connectivity index (χ0n) is 79.2. The van der Waals surface area contributed by atoms with Crippen LogP contribution in [-0.4, -0.2) is 206 Å². The van der Waals surface area contributed by atoms with Crippen LogP contribution < -0.4 is 21.3 Å². The summed E-state index contributed by atoms with van der Waals surface area (Å²) in [5.74, 6) is -0.243. The molecule has 0 aliphatic rings. The second-order valence-corrected chi connectivity index (χ2v) is 41.6. The number of imidazole rings is 4. The molecule has 8 aromatic rings. The minimum absolute atomic E-state index is 0.00660. The number of rotatable bonds is 26. The average Bonchev–Trinajstić information content (AvgIpc) is 0.834. The molecule has 0 aliphatic carbocycles. The Bertz CT molecular complexity index is 5110. The number of aromatic amines is 4. The number of ether oxygens (including phenoxy) is 4. The maximum atomic E-state index is 15.3. The van der Waals surface area contributed by atoms with Crippen molar-refractivity contribution in [1.82, 2.24) is 101 Å². The van der Waals surface area contributed by atoms with Crippen molar-refractivity contribution in [2.45, 2.75) is 240 Å². The van der Waals surface area contributed by atoms with Crippen molar-refractivity contribution in [3.63, 3.8) is 0 Å². The van der Waals surface area contributed by atoms with Crippen molar-refractivity contribution in [1.29, 1.82) is 0 Å². The molecule has 8 N–H and O–H groups in total. The Morgan fingerprint density at radius 2 is 0.524 bits per heavy atom. The van der Waals surface area contributed by atoms with E-state index in [1.807, 2.05) is 200 Å². The minimum Gasteiger partial charge on any atom is -0.432 e. The third-order valence-electron chi connectivity index (χ3n) is 23.8. The zero-order chi connectivity index (χ0) is 93.3. The molecule has 0 unspecified atom stereocenters. The lowest BCUT2D eigenvalue weighted by molar-refractivity contribution is -0.156. The predicted octanol–water partition coefficient (Wildman–Crippen LogP) is 16.4. The van der Waals surface area contributed by atoms with E-state index < -0.39 is 138 Å². The number of carbonyl (C=O) groups excluding carboxylic acids is 8. The van der Waals surface area contributed by atoms with Gasteiger partial charge in [0.05, 0.1) is 60.3 Å². The molecule has 0 saturated carbocycles. The molecule has 0 aliphatic heterocycles. The largest absolute Gasteiger partial charge is 0.432 e. The fraction of sp³-hybridized carbons (Fsp3) is 0.565. The van der Waals surface area contributed by atoms with E-state index in [1.54, 1.807) is 120 Å². The fourth-order valence-corrected chi connectivity index (χ4v) is 13.1. The summed E-state index contributed by atoms with van der Waals surface area (Å²) in [4.78, 5) is 169. The highest BCUT2D eigenvalue weighted by atomic mass is 16.6. The Kier molecular flexibility index (Phi) is 28.3. The van der Waals surface area contributed by atoms with Crippen molar-refractivity contribution >= 4 is 48.0 Å². The fourth-order valence-electron chi connectivity index (χ4n) is 13.1. The molecular weight excluding hydrogens is 1580 g/mol. The Morgan fingerprint density at radius 3 is 0.766 bits per heavy atom. The Labute approximate surface area is 730 Å². The van der Waals surface area contributed by atoms with Crippen LogP contribution in [0.4, 0.5) is 19.2 Å². The maximum Gasteiger partial charge on any atom is 0.410 e. The Balaban J connectivity index is 0.912. The molecule has 0 spiro atoms. The van der Waals surface area contributed by atoms with Gasteiger partial charge in [-0.3, -0.25) is 39.1 Å². The summed E-state index contributed by atoms with van der Waals surface area (Å²) < 4.78 is 24.2. The van der Waals surface area contributed by atoms with Crippen LogP contribution in [0.25, 0.3) is 67.8 Å². The molecule has 124 heavy (non-hydrogen) atoms. The lowest BCUT2D eigenvalue weighted by Gasteiger charge is -2.44. The second kappa shape index (κ2) is 35.9. The normalized spacial score (nSPS) is 15.5. The summed E-state index contributed by atoms with van der Waals surface area (Å²) in [6, 6.07) is 13.3. The molecule has 8 atom stereocenters. The highest BCUT2D eigenvalue weighted by molar-refractivity contribution is 5.91. The van der Waals surface area contributed by atoms with Crippen molar-refractivity contribution in [3.05, 3.63) is 121 Å². The minimum atomic E-state index is -1.88. The van der Waals surface area contributed by atoms with Crippen molar-refractivity contribution in [2.24, 2.45) is 43.3 Å². The number of benzene rings is 2. The highest BCUT2D eigenvalue weighted by Gasteiger charge is 2.56. The van der Waals surface area contributed by atoms with Gasteiger partial charge in [0.15, 0.2) is 22.4 Å². The topological polar surface area (TPSA) is 401 Å². The van der Waals surface area contributed by atoms with Gasteiger partial charge in [0.1, 0.15) is 57.5 Å². The first-order valence-electron chi connectivity index (χ1n) is 41.7. The summed E-state index contributed by atoms with van der Waals surface area (Å²) in [6.07, 6.45) is 10.4. The van der Waals surface area contributed by atoms with Gasteiger partial charge in [0.2, 0.25) is 0 Å². The van der Waals surface area contributed by atoms with Gasteiger partial charge in [-0.05, 0) is 66.9 Å². The maximum absolute atomic E-state index is 15.3. The van der Waals surface area contributed by atoms with Gasteiger partial charge in [-0.25, -0.2) is 39.1 Å². The lowest BCUT2D eigenvalue weighted by atomic mass is 9.72. The zero-order valence-corrected chi connectivity index (χ0v) is 79.2. The number of nitrogens with zero attached hydrogens (tertiary/aromatic N) is 12. The molecule has 0 saturated heterocycles. The molecule has 8 amide bonds. The van der Waals surface area contributed by atoms with Crippen molar-refractivity contribution in [3.8, 4) is 67.8 Å². The first kappa shape index (κ1) is 97.8. The van der Waals surface area contributed by atoms with Crippen molar-refractivity contribution in [2.75, 3.05) is 55.9 Å². The van der Waals surface area contributed by atoms with Crippen LogP contribution in [0.15, 0.2) is 98.1 Å². The van der Waals surface area contributed by atoms with E-state index in [4.69, 9.17) is 43.9 Å². The van der Waals surface area contributed by atoms with E-state index >= 15 is 9.59 Å². The molecule has 6 heterocycles. The third kappa shape index (κ3) is 21.8. The number of carbonyl (C=O) groups is 8. The molecule has 0 radical (unpaired) electrons. The smallest absolute Gasteiger partial charge is 0.410 e. The molecule has 2 aromatic carbocycles. The number of amides is 8. The van der Waals surface area contributed by atoms with Crippen LogP contribution in [0.2, 0.25) is 0 Å². The van der Waals surface area contributed by atoms with Gasteiger partial charge < -0.3 is 79.8 Å². The molecule has 0 bridgehead atoms. The average molecular weight is 1710 g/mol. The van der Waals surface area contributed by atoms with Crippen LogP contribution in [0.3, 0.4) is 0 Å². The second-order valence-electron chi connectivity index (χ2n) is 41.6.